The van der Waals surface area contributed by atoms with Crippen molar-refractivity contribution >= 4 is 28.6 Å². The van der Waals surface area contributed by atoms with Gasteiger partial charge in [0.25, 0.3) is 5.91 Å². The van der Waals surface area contributed by atoms with E-state index >= 15 is 0 Å². The Morgan fingerprint density at radius 3 is 2.64 bits per heavy atom. The van der Waals surface area contributed by atoms with E-state index in [-0.39, 0.29) is 5.91 Å². The van der Waals surface area contributed by atoms with Gasteiger partial charge in [-0.3, -0.25) is 9.78 Å². The quantitative estimate of drug-likeness (QED) is 0.727. The van der Waals surface area contributed by atoms with E-state index in [2.05, 4.69) is 10.3 Å². The van der Waals surface area contributed by atoms with Gasteiger partial charge in [0.2, 0.25) is 5.44 Å². The van der Waals surface area contributed by atoms with Crippen molar-refractivity contribution in [3.05, 3.63) is 30.5 Å². The summed E-state index contributed by atoms with van der Waals surface area (Å²) in [5, 5.41) is 3.83. The number of fused-ring (bicyclic) bond motifs is 1. The van der Waals surface area contributed by atoms with E-state index in [1.165, 1.54) is 11.8 Å². The van der Waals surface area contributed by atoms with E-state index < -0.39 is 11.0 Å². The van der Waals surface area contributed by atoms with Crippen LogP contribution in [0.3, 0.4) is 0 Å². The van der Waals surface area contributed by atoms with Crippen molar-refractivity contribution in [2.45, 2.75) is 24.8 Å². The summed E-state index contributed by atoms with van der Waals surface area (Å²) >= 11 is 1.33. The first kappa shape index (κ1) is 19.3. The molecule has 0 radical (unpaired) electrons. The molecule has 1 heterocycles. The number of carbonyl (C=O) groups is 1. The van der Waals surface area contributed by atoms with Crippen molar-refractivity contribution in [2.24, 2.45) is 0 Å². The Morgan fingerprint density at radius 1 is 1.28 bits per heavy atom. The number of nitrogens with one attached hydrogen (secondary N) is 1. The first-order chi connectivity index (χ1) is 11.9. The molecule has 1 N–H and O–H groups in total. The zero-order valence-electron chi connectivity index (χ0n) is 15.2. The zero-order valence-corrected chi connectivity index (χ0v) is 16.0. The molecular formula is C18H24N2O4S. The summed E-state index contributed by atoms with van der Waals surface area (Å²) in [5.41, 5.74) is -0.296. The number of nitrogens with zero attached hydrogens (tertiary/aromatic N) is 1. The lowest BCUT2D eigenvalue weighted by molar-refractivity contribution is -0.126. The van der Waals surface area contributed by atoms with E-state index in [4.69, 9.17) is 14.2 Å². The predicted molar refractivity (Wildman–Crippen MR) is 100 cm³/mol. The number of hydrogen-bond acceptors (Lipinski definition) is 6. The molecular weight excluding hydrogens is 340 g/mol. The molecule has 1 aromatic carbocycles. The molecule has 25 heavy (non-hydrogen) atoms. The van der Waals surface area contributed by atoms with Gasteiger partial charge in [-0.2, -0.15) is 0 Å². The molecule has 2 rings (SSSR count). The second kappa shape index (κ2) is 8.40. The molecule has 0 aliphatic rings. The summed E-state index contributed by atoms with van der Waals surface area (Å²) in [5.74, 6) is 1.07. The number of benzene rings is 1. The third-order valence-corrected chi connectivity index (χ3v) is 4.24. The van der Waals surface area contributed by atoms with Gasteiger partial charge in [0, 0.05) is 12.5 Å². The molecule has 0 saturated carbocycles. The summed E-state index contributed by atoms with van der Waals surface area (Å²) in [7, 11) is 3.20. The lowest BCUT2D eigenvalue weighted by atomic mass is 10.1. The first-order valence-electron chi connectivity index (χ1n) is 7.83. The van der Waals surface area contributed by atoms with Crippen LogP contribution in [0.15, 0.2) is 30.5 Å². The topological polar surface area (TPSA) is 69.7 Å². The largest absolute Gasteiger partial charge is 0.495 e. The van der Waals surface area contributed by atoms with Crippen molar-refractivity contribution in [2.75, 3.05) is 27.1 Å². The number of rotatable bonds is 8. The smallest absolute Gasteiger partial charge is 0.272 e. The highest BCUT2D eigenvalue weighted by molar-refractivity contribution is 7.99. The van der Waals surface area contributed by atoms with Gasteiger partial charge < -0.3 is 19.5 Å². The van der Waals surface area contributed by atoms with Crippen LogP contribution in [0.25, 0.3) is 10.9 Å². The molecule has 0 bridgehead atoms. The van der Waals surface area contributed by atoms with Crippen LogP contribution >= 0.6 is 11.8 Å². The number of hydrogen-bond donors (Lipinski definition) is 1. The number of pyridine rings is 1. The number of carbonyl (C=O) groups excluding carboxylic acids is 1. The zero-order chi connectivity index (χ0) is 18.4. The Labute approximate surface area is 152 Å². The van der Waals surface area contributed by atoms with E-state index in [0.717, 1.165) is 10.9 Å². The number of thioether (sulfide) groups is 1. The first-order valence-corrected chi connectivity index (χ1v) is 9.11. The molecule has 6 nitrogen and oxygen atoms in total. The Bertz CT molecular complexity index is 736. The summed E-state index contributed by atoms with van der Waals surface area (Å²) in [6.45, 7) is 4.22. The van der Waals surface area contributed by atoms with Crippen LogP contribution < -0.4 is 14.8 Å². The number of methoxy groups -OCH3 is 2. The predicted octanol–water partition coefficient (Wildman–Crippen LogP) is 2.85. The maximum atomic E-state index is 12.5. The van der Waals surface area contributed by atoms with E-state index in [0.29, 0.717) is 18.1 Å². The molecule has 0 spiro atoms. The van der Waals surface area contributed by atoms with Gasteiger partial charge in [-0.15, -0.1) is 11.8 Å². The minimum Gasteiger partial charge on any atom is -0.495 e. The second-order valence-electron chi connectivity index (χ2n) is 6.22. The number of ether oxygens (including phenoxy) is 3. The van der Waals surface area contributed by atoms with Crippen LogP contribution in [0, 0.1) is 0 Å². The van der Waals surface area contributed by atoms with Gasteiger partial charge in [0.1, 0.15) is 11.5 Å². The van der Waals surface area contributed by atoms with Gasteiger partial charge in [-0.05, 0) is 44.4 Å². The van der Waals surface area contributed by atoms with Crippen LogP contribution in [0.5, 0.6) is 11.5 Å². The van der Waals surface area contributed by atoms with Gasteiger partial charge in [-0.1, -0.05) is 0 Å². The molecule has 2 aromatic rings. The van der Waals surface area contributed by atoms with E-state index in [1.54, 1.807) is 26.5 Å². The molecule has 0 saturated heterocycles. The summed E-state index contributed by atoms with van der Waals surface area (Å²) < 4.78 is 16.2. The minimum atomic E-state index is -0.660. The maximum Gasteiger partial charge on any atom is 0.272 e. The molecule has 1 atom stereocenters. The number of aromatic nitrogens is 1. The standard InChI is InChI=1S/C18H24N2O4S/c1-18(2,11-22-3)20-16(21)17(25-5)24-13-6-7-15-12(8-13)9-14(23-4)10-19-15/h6-10,17H,11H2,1-5H3,(H,20,21). The van der Waals surface area contributed by atoms with Crippen molar-refractivity contribution in [3.8, 4) is 11.5 Å². The van der Waals surface area contributed by atoms with Crippen molar-refractivity contribution in [1.82, 2.24) is 10.3 Å². The Morgan fingerprint density at radius 2 is 2.00 bits per heavy atom. The molecule has 0 aliphatic carbocycles. The normalized spacial score (nSPS) is 12.7. The van der Waals surface area contributed by atoms with E-state index in [9.17, 15) is 4.79 Å². The third-order valence-electron chi connectivity index (χ3n) is 3.50. The van der Waals surface area contributed by atoms with Crippen molar-refractivity contribution in [1.29, 1.82) is 0 Å². The Kier molecular flexibility index (Phi) is 6.50. The van der Waals surface area contributed by atoms with Crippen LogP contribution in [-0.4, -0.2) is 48.9 Å². The fraction of sp³-hybridized carbons (Fsp3) is 0.444. The SMILES string of the molecule is COCC(C)(C)NC(=O)C(Oc1ccc2ncc(OC)cc2c1)SC. The molecule has 0 aliphatic heterocycles. The van der Waals surface area contributed by atoms with Crippen LogP contribution in [0.2, 0.25) is 0 Å². The van der Waals surface area contributed by atoms with Gasteiger partial charge in [0.05, 0.1) is 31.0 Å². The molecule has 0 fully saturated rings. The average Bonchev–Trinajstić information content (AvgIpc) is 2.58. The fourth-order valence-electron chi connectivity index (χ4n) is 2.40. The van der Waals surface area contributed by atoms with Crippen molar-refractivity contribution in [3.63, 3.8) is 0 Å². The highest BCUT2D eigenvalue weighted by Crippen LogP contribution is 2.25. The lowest BCUT2D eigenvalue weighted by Crippen LogP contribution is -2.50. The van der Waals surface area contributed by atoms with Gasteiger partial charge >= 0.3 is 0 Å². The average molecular weight is 364 g/mol. The lowest BCUT2D eigenvalue weighted by Gasteiger charge is -2.27. The minimum absolute atomic E-state index is 0.196. The maximum absolute atomic E-state index is 12.5. The van der Waals surface area contributed by atoms with Gasteiger partial charge in [0.15, 0.2) is 0 Å². The molecule has 1 unspecified atom stereocenters. The molecule has 1 aromatic heterocycles. The van der Waals surface area contributed by atoms with Crippen LogP contribution in [0.1, 0.15) is 13.8 Å². The Balaban J connectivity index is 2.15. The van der Waals surface area contributed by atoms with Crippen molar-refractivity contribution < 1.29 is 19.0 Å². The summed E-state index contributed by atoms with van der Waals surface area (Å²) in [4.78, 5) is 16.8. The summed E-state index contributed by atoms with van der Waals surface area (Å²) in [6, 6.07) is 7.39. The molecule has 136 valence electrons. The fourth-order valence-corrected chi connectivity index (χ4v) is 2.88. The van der Waals surface area contributed by atoms with Gasteiger partial charge in [-0.25, -0.2) is 0 Å². The monoisotopic (exact) mass is 364 g/mol. The number of amides is 1. The van der Waals surface area contributed by atoms with Crippen LogP contribution in [-0.2, 0) is 9.53 Å². The molecule has 7 heteroatoms. The second-order valence-corrected chi connectivity index (χ2v) is 7.12. The molecule has 1 amide bonds. The van der Waals surface area contributed by atoms with E-state index in [1.807, 2.05) is 38.3 Å². The third kappa shape index (κ3) is 5.24. The highest BCUT2D eigenvalue weighted by Gasteiger charge is 2.26. The van der Waals surface area contributed by atoms with Crippen LogP contribution in [0.4, 0.5) is 0 Å². The highest BCUT2D eigenvalue weighted by atomic mass is 32.2. The Hall–Kier alpha value is -1.99. The summed E-state index contributed by atoms with van der Waals surface area (Å²) in [6.07, 6.45) is 3.50.